The highest BCUT2D eigenvalue weighted by Gasteiger charge is 2.29. The van der Waals surface area contributed by atoms with Gasteiger partial charge in [0.1, 0.15) is 5.75 Å². The van der Waals surface area contributed by atoms with Crippen molar-refractivity contribution in [3.63, 3.8) is 0 Å². The van der Waals surface area contributed by atoms with Crippen LogP contribution in [0.2, 0.25) is 5.02 Å². The maximum absolute atomic E-state index is 10.7. The van der Waals surface area contributed by atoms with Crippen molar-refractivity contribution in [1.29, 1.82) is 0 Å². The van der Waals surface area contributed by atoms with Crippen molar-refractivity contribution in [3.05, 3.63) is 75.0 Å². The Morgan fingerprint density at radius 3 is 2.77 bits per heavy atom. The van der Waals surface area contributed by atoms with E-state index in [1.807, 2.05) is 35.5 Å². The number of benzene rings is 2. The van der Waals surface area contributed by atoms with Crippen LogP contribution in [0.25, 0.3) is 22.0 Å². The zero-order valence-electron chi connectivity index (χ0n) is 26.8. The van der Waals surface area contributed by atoms with E-state index in [0.29, 0.717) is 43.3 Å². The van der Waals surface area contributed by atoms with Crippen molar-refractivity contribution in [2.45, 2.75) is 75.1 Å². The second-order valence-electron chi connectivity index (χ2n) is 12.8. The fourth-order valence-electron chi connectivity index (χ4n) is 7.67. The van der Waals surface area contributed by atoms with Crippen LogP contribution in [0.5, 0.6) is 5.75 Å². The van der Waals surface area contributed by atoms with Gasteiger partial charge < -0.3 is 30.2 Å². The summed E-state index contributed by atoms with van der Waals surface area (Å²) in [7, 11) is 3.91. The first kappa shape index (κ1) is 30.8. The average Bonchev–Trinajstić information content (AvgIpc) is 3.80. The van der Waals surface area contributed by atoms with E-state index >= 15 is 0 Å². The fraction of sp³-hybridized carbons (Fsp3) is 0.429. The third-order valence-corrected chi connectivity index (χ3v) is 11.1. The zero-order valence-corrected chi connectivity index (χ0v) is 28.3. The molecule has 0 unspecified atom stereocenters. The number of aromatic nitrogens is 5. The molecule has 4 N–H and O–H groups in total. The predicted octanol–water partition coefficient (Wildman–Crippen LogP) is 5.62. The van der Waals surface area contributed by atoms with Crippen LogP contribution >= 0.6 is 23.4 Å². The van der Waals surface area contributed by atoms with Gasteiger partial charge in [-0.15, -0.1) is 11.8 Å². The standard InChI is InChI=1S/C35H40ClN7O3S/c1-41-33-25-9-10-26(36)30(33)31-27(40-43-12-4-8-28(31)43)18-37-17-21-15-22(42(2)39-21)19-47-23-14-20-6-3-11-38-32(20)29(16-23)46-13-5-7-24(25)34(41)35(44)45/h9-10,14-16,35,37-38,44-45H,3-8,11-13,17-19H2,1-2H3. The molecule has 3 aliphatic heterocycles. The van der Waals surface area contributed by atoms with Crippen LogP contribution in [-0.2, 0) is 58.7 Å². The molecule has 12 heteroatoms. The van der Waals surface area contributed by atoms with Crippen LogP contribution in [0.4, 0.5) is 5.69 Å². The Labute approximate surface area is 283 Å². The SMILES string of the molecule is Cn1nc2cc1CSc1cc3c(c(c1)OCCCc1c(C(O)O)n(C)c4c(c(Cl)ccc14)-c1c(nn4c1CCC4)CNC2)NCCC3. The number of nitrogens with one attached hydrogen (secondary N) is 2. The molecule has 0 fully saturated rings. The first-order chi connectivity index (χ1) is 22.9. The number of fused-ring (bicyclic) bond motifs is 10. The van der Waals surface area contributed by atoms with E-state index in [9.17, 15) is 10.2 Å². The molecule has 5 aromatic rings. The summed E-state index contributed by atoms with van der Waals surface area (Å²) in [5.41, 5.74) is 10.9. The van der Waals surface area contributed by atoms with Crippen LogP contribution in [0.3, 0.4) is 0 Å². The van der Waals surface area contributed by atoms with Crippen LogP contribution in [0.15, 0.2) is 35.2 Å². The number of hydrogen-bond acceptors (Lipinski definition) is 8. The third-order valence-electron chi connectivity index (χ3n) is 9.79. The molecule has 6 heterocycles. The quantitative estimate of drug-likeness (QED) is 0.170. The van der Waals surface area contributed by atoms with Crippen LogP contribution < -0.4 is 15.4 Å². The number of ether oxygens (including phenoxy) is 1. The lowest BCUT2D eigenvalue weighted by Gasteiger charge is -2.22. The molecule has 0 spiro atoms. The molecule has 0 saturated carbocycles. The molecule has 3 aliphatic rings. The molecule has 0 saturated heterocycles. The van der Waals surface area contributed by atoms with Gasteiger partial charge in [-0.25, -0.2) is 0 Å². The monoisotopic (exact) mass is 673 g/mol. The van der Waals surface area contributed by atoms with Crippen molar-refractivity contribution in [3.8, 4) is 16.9 Å². The number of nitrogens with zero attached hydrogens (tertiary/aromatic N) is 5. The highest BCUT2D eigenvalue weighted by molar-refractivity contribution is 7.98. The summed E-state index contributed by atoms with van der Waals surface area (Å²) in [6.07, 6.45) is 3.77. The number of aryl methyl sites for hydroxylation is 5. The first-order valence-corrected chi connectivity index (χ1v) is 17.9. The summed E-state index contributed by atoms with van der Waals surface area (Å²) in [6, 6.07) is 10.6. The van der Waals surface area contributed by atoms with Crippen molar-refractivity contribution in [1.82, 2.24) is 29.4 Å². The van der Waals surface area contributed by atoms with Gasteiger partial charge in [-0.2, -0.15) is 10.2 Å². The van der Waals surface area contributed by atoms with Gasteiger partial charge in [-0.3, -0.25) is 9.36 Å². The summed E-state index contributed by atoms with van der Waals surface area (Å²) >= 11 is 8.87. The largest absolute Gasteiger partial charge is 0.491 e. The van der Waals surface area contributed by atoms with E-state index < -0.39 is 6.29 Å². The lowest BCUT2D eigenvalue weighted by atomic mass is 9.97. The van der Waals surface area contributed by atoms with Gasteiger partial charge >= 0.3 is 0 Å². The van der Waals surface area contributed by atoms with E-state index in [4.69, 9.17) is 26.5 Å². The maximum atomic E-state index is 10.7. The lowest BCUT2D eigenvalue weighted by Crippen LogP contribution is -2.15. The van der Waals surface area contributed by atoms with Crippen molar-refractivity contribution >= 4 is 40.0 Å². The molecule has 0 atom stereocenters. The number of rotatable bonds is 1. The highest BCUT2D eigenvalue weighted by Crippen LogP contribution is 2.44. The Kier molecular flexibility index (Phi) is 8.21. The van der Waals surface area contributed by atoms with E-state index in [1.54, 1.807) is 11.8 Å². The molecule has 0 radical (unpaired) electrons. The Morgan fingerprint density at radius 2 is 1.89 bits per heavy atom. The van der Waals surface area contributed by atoms with Gasteiger partial charge in [0, 0.05) is 78.8 Å². The molecule has 8 bridgehead atoms. The number of aliphatic hydroxyl groups excluding tert-OH is 1. The molecule has 2 aromatic carbocycles. The fourth-order valence-corrected chi connectivity index (χ4v) is 8.92. The number of anilines is 1. The maximum Gasteiger partial charge on any atom is 0.194 e. The summed E-state index contributed by atoms with van der Waals surface area (Å²) in [5, 5.41) is 40.0. The number of aliphatic hydroxyl groups is 2. The van der Waals surface area contributed by atoms with E-state index in [1.165, 1.54) is 16.2 Å². The summed E-state index contributed by atoms with van der Waals surface area (Å²) in [5.74, 6) is 1.68. The molecule has 3 aromatic heterocycles. The molecule has 246 valence electrons. The van der Waals surface area contributed by atoms with Gasteiger partial charge in [0.05, 0.1) is 39.9 Å². The Balaban J connectivity index is 1.24. The van der Waals surface area contributed by atoms with Crippen molar-refractivity contribution in [2.75, 3.05) is 18.5 Å². The number of hydrogen-bond donors (Lipinski definition) is 4. The average molecular weight is 674 g/mol. The number of halogens is 1. The van der Waals surface area contributed by atoms with Crippen LogP contribution in [0, 0.1) is 0 Å². The molecular weight excluding hydrogens is 634 g/mol. The minimum Gasteiger partial charge on any atom is -0.491 e. The molecule has 0 amide bonds. The smallest absolute Gasteiger partial charge is 0.194 e. The molecular formula is C35H40ClN7O3S. The minimum atomic E-state index is -1.63. The second-order valence-corrected chi connectivity index (χ2v) is 14.2. The summed E-state index contributed by atoms with van der Waals surface area (Å²) < 4.78 is 12.5. The van der Waals surface area contributed by atoms with Crippen molar-refractivity contribution in [2.24, 2.45) is 14.1 Å². The highest BCUT2D eigenvalue weighted by atomic mass is 35.5. The van der Waals surface area contributed by atoms with Gasteiger partial charge in [0.2, 0.25) is 0 Å². The summed E-state index contributed by atoms with van der Waals surface area (Å²) in [4.78, 5) is 1.18. The molecule has 0 aliphatic carbocycles. The van der Waals surface area contributed by atoms with E-state index in [2.05, 4.69) is 33.5 Å². The minimum absolute atomic E-state index is 0.484. The Morgan fingerprint density at radius 1 is 1.00 bits per heavy atom. The predicted molar refractivity (Wildman–Crippen MR) is 185 cm³/mol. The topological polar surface area (TPSA) is 114 Å². The van der Waals surface area contributed by atoms with Gasteiger partial charge in [0.25, 0.3) is 0 Å². The van der Waals surface area contributed by atoms with Crippen LogP contribution in [-0.4, -0.2) is 47.5 Å². The lowest BCUT2D eigenvalue weighted by molar-refractivity contribution is -0.0481. The van der Waals surface area contributed by atoms with E-state index in [0.717, 1.165) is 101 Å². The Hall–Kier alpha value is -3.48. The normalized spacial score (nSPS) is 16.8. The van der Waals surface area contributed by atoms with Gasteiger partial charge in [-0.1, -0.05) is 17.7 Å². The number of thioether (sulfide) groups is 1. The van der Waals surface area contributed by atoms with Crippen molar-refractivity contribution < 1.29 is 14.9 Å². The first-order valence-electron chi connectivity index (χ1n) is 16.5. The van der Waals surface area contributed by atoms with Gasteiger partial charge in [0.15, 0.2) is 6.29 Å². The third kappa shape index (κ3) is 5.51. The van der Waals surface area contributed by atoms with Crippen LogP contribution in [0.1, 0.15) is 65.1 Å². The van der Waals surface area contributed by atoms with E-state index in [-0.39, 0.29) is 0 Å². The summed E-state index contributed by atoms with van der Waals surface area (Å²) in [6.45, 7) is 3.46. The zero-order chi connectivity index (χ0) is 32.2. The molecule has 47 heavy (non-hydrogen) atoms. The second kappa shape index (κ2) is 12.5. The molecule has 10 nitrogen and oxygen atoms in total. The van der Waals surface area contributed by atoms with Gasteiger partial charge in [-0.05, 0) is 73.9 Å². The Bertz CT molecular complexity index is 2000. The molecule has 8 rings (SSSR count).